The summed E-state index contributed by atoms with van der Waals surface area (Å²) in [6, 6.07) is 7.31. The Morgan fingerprint density at radius 2 is 2.19 bits per heavy atom. The van der Waals surface area contributed by atoms with Gasteiger partial charge in [0.05, 0.1) is 25.8 Å². The van der Waals surface area contributed by atoms with E-state index in [1.807, 2.05) is 0 Å². The molecule has 0 unspecified atom stereocenters. The van der Waals surface area contributed by atoms with Crippen LogP contribution in [0.2, 0.25) is 0 Å². The van der Waals surface area contributed by atoms with Crippen LogP contribution in [0, 0.1) is 17.7 Å². The highest BCUT2D eigenvalue weighted by Crippen LogP contribution is 2.10. The molecule has 0 atom stereocenters. The molecule has 6 heteroatoms. The predicted molar refractivity (Wildman–Crippen MR) is 76.5 cm³/mol. The maximum Gasteiger partial charge on any atom is 0.267 e. The Bertz CT molecular complexity index is 759. The van der Waals surface area contributed by atoms with E-state index < -0.39 is 5.82 Å². The largest absolute Gasteiger partial charge is 0.480 e. The fourth-order valence-electron chi connectivity index (χ4n) is 1.74. The molecule has 0 aliphatic heterocycles. The van der Waals surface area contributed by atoms with Crippen molar-refractivity contribution >= 4 is 0 Å². The maximum absolute atomic E-state index is 13.6. The van der Waals surface area contributed by atoms with Crippen molar-refractivity contribution < 1.29 is 9.13 Å². The molecule has 0 amide bonds. The van der Waals surface area contributed by atoms with E-state index in [-0.39, 0.29) is 24.2 Å². The lowest BCUT2D eigenvalue weighted by Crippen LogP contribution is -2.22. The van der Waals surface area contributed by atoms with Crippen LogP contribution < -0.4 is 16.0 Å². The summed E-state index contributed by atoms with van der Waals surface area (Å²) < 4.78 is 19.8. The number of halogens is 1. The molecular formula is C15H14FN3O2. The molecule has 0 fully saturated rings. The van der Waals surface area contributed by atoms with Crippen LogP contribution in [-0.2, 0) is 6.54 Å². The Kier molecular flexibility index (Phi) is 4.69. The number of nitrogens with zero attached hydrogens (tertiary/aromatic N) is 2. The van der Waals surface area contributed by atoms with Crippen LogP contribution in [0.25, 0.3) is 0 Å². The number of rotatable bonds is 3. The number of ether oxygens (including phenoxy) is 1. The minimum absolute atomic E-state index is 0.153. The van der Waals surface area contributed by atoms with Gasteiger partial charge in [0.15, 0.2) is 0 Å². The van der Waals surface area contributed by atoms with Gasteiger partial charge < -0.3 is 10.5 Å². The van der Waals surface area contributed by atoms with Gasteiger partial charge in [-0.1, -0.05) is 17.9 Å². The number of methoxy groups -OCH3 is 1. The molecule has 0 saturated carbocycles. The molecular weight excluding hydrogens is 273 g/mol. The molecule has 108 valence electrons. The van der Waals surface area contributed by atoms with Gasteiger partial charge in [-0.3, -0.25) is 4.79 Å². The number of nitrogens with two attached hydrogens (primary N) is 1. The number of hydrogen-bond donors (Lipinski definition) is 1. The SMILES string of the molecule is COc1ccc(=O)n(Cc2ccc(F)c(C#CCN)c2)n1. The van der Waals surface area contributed by atoms with E-state index >= 15 is 0 Å². The topological polar surface area (TPSA) is 70.1 Å². The highest BCUT2D eigenvalue weighted by atomic mass is 19.1. The molecule has 1 heterocycles. The first-order valence-electron chi connectivity index (χ1n) is 6.23. The smallest absolute Gasteiger partial charge is 0.267 e. The summed E-state index contributed by atoms with van der Waals surface area (Å²) in [6.07, 6.45) is 0. The first-order valence-corrected chi connectivity index (χ1v) is 6.23. The molecule has 5 nitrogen and oxygen atoms in total. The zero-order valence-corrected chi connectivity index (χ0v) is 11.5. The minimum atomic E-state index is -0.425. The Balaban J connectivity index is 2.34. The third-order valence-electron chi connectivity index (χ3n) is 2.74. The monoisotopic (exact) mass is 287 g/mol. The predicted octanol–water partition coefficient (Wildman–Crippen LogP) is 0.750. The van der Waals surface area contributed by atoms with Gasteiger partial charge in [0.2, 0.25) is 5.88 Å². The molecule has 0 bridgehead atoms. The third kappa shape index (κ3) is 3.68. The highest BCUT2D eigenvalue weighted by molar-refractivity contribution is 5.38. The molecule has 2 aromatic rings. The van der Waals surface area contributed by atoms with Crippen molar-refractivity contribution in [3.8, 4) is 17.7 Å². The second-order valence-electron chi connectivity index (χ2n) is 4.19. The second-order valence-corrected chi connectivity index (χ2v) is 4.19. The number of aromatic nitrogens is 2. The van der Waals surface area contributed by atoms with E-state index in [1.54, 1.807) is 12.1 Å². The van der Waals surface area contributed by atoms with E-state index in [1.165, 1.54) is 30.0 Å². The zero-order valence-electron chi connectivity index (χ0n) is 11.5. The van der Waals surface area contributed by atoms with Gasteiger partial charge >= 0.3 is 0 Å². The summed E-state index contributed by atoms with van der Waals surface area (Å²) in [5.41, 5.74) is 5.96. The van der Waals surface area contributed by atoms with Crippen LogP contribution in [-0.4, -0.2) is 23.4 Å². The average molecular weight is 287 g/mol. The molecule has 0 saturated heterocycles. The first kappa shape index (κ1) is 14.8. The van der Waals surface area contributed by atoms with E-state index in [4.69, 9.17) is 10.5 Å². The van der Waals surface area contributed by atoms with Crippen molar-refractivity contribution in [1.29, 1.82) is 0 Å². The molecule has 2 rings (SSSR count). The van der Waals surface area contributed by atoms with Crippen molar-refractivity contribution in [2.45, 2.75) is 6.54 Å². The fourth-order valence-corrected chi connectivity index (χ4v) is 1.74. The van der Waals surface area contributed by atoms with E-state index in [2.05, 4.69) is 16.9 Å². The summed E-state index contributed by atoms with van der Waals surface area (Å²) in [5, 5.41) is 4.03. The van der Waals surface area contributed by atoms with Crippen LogP contribution >= 0.6 is 0 Å². The molecule has 21 heavy (non-hydrogen) atoms. The number of benzene rings is 1. The van der Waals surface area contributed by atoms with Crippen molar-refractivity contribution in [3.05, 3.63) is 57.6 Å². The third-order valence-corrected chi connectivity index (χ3v) is 2.74. The molecule has 0 aliphatic rings. The Morgan fingerprint density at radius 3 is 2.90 bits per heavy atom. The van der Waals surface area contributed by atoms with Gasteiger partial charge in [-0.25, -0.2) is 9.07 Å². The van der Waals surface area contributed by atoms with Gasteiger partial charge in [-0.15, -0.1) is 5.10 Å². The van der Waals surface area contributed by atoms with Crippen LogP contribution in [0.15, 0.2) is 35.1 Å². The number of hydrogen-bond acceptors (Lipinski definition) is 4. The van der Waals surface area contributed by atoms with E-state index in [9.17, 15) is 9.18 Å². The van der Waals surface area contributed by atoms with Crippen molar-refractivity contribution in [1.82, 2.24) is 9.78 Å². The van der Waals surface area contributed by atoms with E-state index in [0.717, 1.165) is 0 Å². The normalized spacial score (nSPS) is 9.86. The van der Waals surface area contributed by atoms with Crippen molar-refractivity contribution in [2.24, 2.45) is 5.73 Å². The van der Waals surface area contributed by atoms with Crippen molar-refractivity contribution in [2.75, 3.05) is 13.7 Å². The highest BCUT2D eigenvalue weighted by Gasteiger charge is 2.05. The first-order chi connectivity index (χ1) is 10.1. The Labute approximate surface area is 121 Å². The second kappa shape index (κ2) is 6.68. The fraction of sp³-hybridized carbons (Fsp3) is 0.200. The molecule has 0 radical (unpaired) electrons. The van der Waals surface area contributed by atoms with Gasteiger partial charge in [0.1, 0.15) is 5.82 Å². The van der Waals surface area contributed by atoms with Crippen LogP contribution in [0.5, 0.6) is 5.88 Å². The lowest BCUT2D eigenvalue weighted by atomic mass is 10.1. The van der Waals surface area contributed by atoms with Crippen LogP contribution in [0.4, 0.5) is 4.39 Å². The standard InChI is InChI=1S/C15H14FN3O2/c1-21-14-6-7-15(20)19(18-14)10-11-4-5-13(16)12(9-11)3-2-8-17/h4-7,9H,8,10,17H2,1H3. The zero-order chi connectivity index (χ0) is 15.2. The average Bonchev–Trinajstić information content (AvgIpc) is 2.50. The van der Waals surface area contributed by atoms with Crippen LogP contribution in [0.1, 0.15) is 11.1 Å². The van der Waals surface area contributed by atoms with Gasteiger partial charge in [0, 0.05) is 12.1 Å². The Morgan fingerprint density at radius 1 is 1.38 bits per heavy atom. The molecule has 2 N–H and O–H groups in total. The Hall–Kier alpha value is -2.65. The summed E-state index contributed by atoms with van der Waals surface area (Å²) in [4.78, 5) is 11.7. The lowest BCUT2D eigenvalue weighted by Gasteiger charge is -2.07. The quantitative estimate of drug-likeness (QED) is 0.846. The summed E-state index contributed by atoms with van der Waals surface area (Å²) >= 11 is 0. The lowest BCUT2D eigenvalue weighted by molar-refractivity contribution is 0.379. The molecule has 1 aromatic carbocycles. The van der Waals surface area contributed by atoms with Gasteiger partial charge in [-0.05, 0) is 17.7 Å². The summed E-state index contributed by atoms with van der Waals surface area (Å²) in [6.45, 7) is 0.355. The molecule has 1 aromatic heterocycles. The van der Waals surface area contributed by atoms with E-state index in [0.29, 0.717) is 11.4 Å². The van der Waals surface area contributed by atoms with Gasteiger partial charge in [-0.2, -0.15) is 0 Å². The van der Waals surface area contributed by atoms with Crippen LogP contribution in [0.3, 0.4) is 0 Å². The van der Waals surface area contributed by atoms with Gasteiger partial charge in [0.25, 0.3) is 5.56 Å². The molecule has 0 spiro atoms. The summed E-state index contributed by atoms with van der Waals surface area (Å²) in [5.74, 6) is 5.16. The maximum atomic E-state index is 13.6. The summed E-state index contributed by atoms with van der Waals surface area (Å²) in [7, 11) is 1.47. The molecule has 0 aliphatic carbocycles. The minimum Gasteiger partial charge on any atom is -0.480 e. The van der Waals surface area contributed by atoms with Crippen molar-refractivity contribution in [3.63, 3.8) is 0 Å².